The van der Waals surface area contributed by atoms with Gasteiger partial charge in [-0.3, -0.25) is 10.1 Å². The van der Waals surface area contributed by atoms with E-state index in [0.717, 1.165) is 11.3 Å². The molecule has 1 heterocycles. The van der Waals surface area contributed by atoms with Gasteiger partial charge in [-0.1, -0.05) is 30.3 Å². The second-order valence-corrected chi connectivity index (χ2v) is 9.35. The fraction of sp³-hybridized carbons (Fsp3) is 0.200. The highest BCUT2D eigenvalue weighted by Crippen LogP contribution is 2.25. The van der Waals surface area contributed by atoms with E-state index in [-0.39, 0.29) is 16.8 Å². The number of thiazole rings is 1. The maximum atomic E-state index is 12.5. The van der Waals surface area contributed by atoms with Crippen molar-refractivity contribution in [3.63, 3.8) is 0 Å². The molecule has 0 fully saturated rings. The average Bonchev–Trinajstić information content (AvgIpc) is 3.16. The third kappa shape index (κ3) is 4.30. The van der Waals surface area contributed by atoms with Gasteiger partial charge in [0.05, 0.1) is 10.6 Å². The van der Waals surface area contributed by atoms with Crippen molar-refractivity contribution in [2.45, 2.75) is 24.8 Å². The second kappa shape index (κ2) is 8.22. The number of rotatable bonds is 6. The van der Waals surface area contributed by atoms with Gasteiger partial charge in [0.15, 0.2) is 5.13 Å². The van der Waals surface area contributed by atoms with Crippen molar-refractivity contribution in [3.8, 4) is 11.3 Å². The number of carbonyl (C=O) groups is 1. The Hall–Kier alpha value is -2.55. The summed E-state index contributed by atoms with van der Waals surface area (Å²) in [5.74, 6) is -0.338. The molecule has 0 radical (unpaired) electrons. The van der Waals surface area contributed by atoms with Crippen LogP contribution < -0.4 is 5.32 Å². The zero-order valence-corrected chi connectivity index (χ0v) is 17.4. The summed E-state index contributed by atoms with van der Waals surface area (Å²) in [5.41, 5.74) is 2.13. The zero-order chi connectivity index (χ0) is 20.3. The highest BCUT2D eigenvalue weighted by atomic mass is 32.2. The molecule has 0 saturated carbocycles. The van der Waals surface area contributed by atoms with E-state index in [0.29, 0.717) is 10.7 Å². The predicted octanol–water partition coefficient (Wildman–Crippen LogP) is 4.09. The van der Waals surface area contributed by atoms with E-state index in [9.17, 15) is 13.2 Å². The monoisotopic (exact) mass is 415 g/mol. The van der Waals surface area contributed by atoms with Gasteiger partial charge in [-0.15, -0.1) is 11.3 Å². The first-order valence-corrected chi connectivity index (χ1v) is 11.0. The van der Waals surface area contributed by atoms with Crippen LogP contribution in [-0.2, 0) is 10.0 Å². The van der Waals surface area contributed by atoms with Gasteiger partial charge in [0.2, 0.25) is 10.0 Å². The summed E-state index contributed by atoms with van der Waals surface area (Å²) in [7, 11) is -2.04. The summed E-state index contributed by atoms with van der Waals surface area (Å²) >= 11 is 1.34. The van der Waals surface area contributed by atoms with Gasteiger partial charge in [-0.25, -0.2) is 13.4 Å². The Morgan fingerprint density at radius 1 is 1.07 bits per heavy atom. The fourth-order valence-corrected chi connectivity index (χ4v) is 4.55. The van der Waals surface area contributed by atoms with Crippen LogP contribution >= 0.6 is 11.3 Å². The molecule has 0 aliphatic heterocycles. The maximum Gasteiger partial charge on any atom is 0.257 e. The molecule has 8 heteroatoms. The number of hydrogen-bond donors (Lipinski definition) is 1. The quantitative estimate of drug-likeness (QED) is 0.658. The summed E-state index contributed by atoms with van der Waals surface area (Å²) in [6.07, 6.45) is 0. The fourth-order valence-electron chi connectivity index (χ4n) is 2.46. The second-order valence-electron chi connectivity index (χ2n) is 6.50. The summed E-state index contributed by atoms with van der Waals surface area (Å²) in [6.45, 7) is 3.61. The summed E-state index contributed by atoms with van der Waals surface area (Å²) in [5, 5.41) is 5.12. The van der Waals surface area contributed by atoms with E-state index in [1.54, 1.807) is 13.8 Å². The van der Waals surface area contributed by atoms with E-state index in [1.165, 1.54) is 47.0 Å². The molecular weight excluding hydrogens is 394 g/mol. The van der Waals surface area contributed by atoms with Gasteiger partial charge < -0.3 is 0 Å². The van der Waals surface area contributed by atoms with Crippen molar-refractivity contribution in [2.75, 3.05) is 12.4 Å². The molecule has 0 spiro atoms. The van der Waals surface area contributed by atoms with E-state index in [4.69, 9.17) is 0 Å². The number of nitrogens with zero attached hydrogens (tertiary/aromatic N) is 2. The number of sulfonamides is 1. The van der Waals surface area contributed by atoms with E-state index < -0.39 is 10.0 Å². The van der Waals surface area contributed by atoms with Gasteiger partial charge in [0, 0.05) is 29.6 Å². The number of benzene rings is 2. The highest BCUT2D eigenvalue weighted by Gasteiger charge is 2.23. The Labute approximate surface area is 168 Å². The smallest absolute Gasteiger partial charge is 0.257 e. The number of carbonyl (C=O) groups excluding carboxylic acids is 1. The lowest BCUT2D eigenvalue weighted by Crippen LogP contribution is -2.33. The molecule has 3 rings (SSSR count). The summed E-state index contributed by atoms with van der Waals surface area (Å²) < 4.78 is 26.3. The molecule has 1 N–H and O–H groups in total. The van der Waals surface area contributed by atoms with Crippen LogP contribution in [0, 0.1) is 0 Å². The Morgan fingerprint density at radius 2 is 1.71 bits per heavy atom. The number of aromatic nitrogens is 1. The van der Waals surface area contributed by atoms with Crippen LogP contribution in [0.15, 0.2) is 64.9 Å². The van der Waals surface area contributed by atoms with E-state index >= 15 is 0 Å². The van der Waals surface area contributed by atoms with Crippen molar-refractivity contribution in [1.82, 2.24) is 9.29 Å². The van der Waals surface area contributed by atoms with Gasteiger partial charge in [0.1, 0.15) is 0 Å². The van der Waals surface area contributed by atoms with Crippen LogP contribution in [-0.4, -0.2) is 36.7 Å². The minimum Gasteiger partial charge on any atom is -0.298 e. The van der Waals surface area contributed by atoms with Gasteiger partial charge >= 0.3 is 0 Å². The molecule has 2 aromatic carbocycles. The van der Waals surface area contributed by atoms with E-state index in [2.05, 4.69) is 10.3 Å². The molecule has 0 atom stereocenters. The Morgan fingerprint density at radius 3 is 2.32 bits per heavy atom. The maximum absolute atomic E-state index is 12.5. The molecule has 0 aliphatic carbocycles. The number of hydrogen-bond acceptors (Lipinski definition) is 5. The summed E-state index contributed by atoms with van der Waals surface area (Å²) in [4.78, 5) is 17.0. The lowest BCUT2D eigenvalue weighted by Gasteiger charge is -2.20. The zero-order valence-electron chi connectivity index (χ0n) is 15.8. The first kappa shape index (κ1) is 20.2. The van der Waals surface area contributed by atoms with Crippen molar-refractivity contribution in [1.29, 1.82) is 0 Å². The van der Waals surface area contributed by atoms with Crippen molar-refractivity contribution in [2.24, 2.45) is 0 Å². The largest absolute Gasteiger partial charge is 0.298 e. The topological polar surface area (TPSA) is 79.4 Å². The minimum absolute atomic E-state index is 0.154. The van der Waals surface area contributed by atoms with Crippen LogP contribution in [0.3, 0.4) is 0 Å². The van der Waals surface area contributed by atoms with Crippen LogP contribution in [0.1, 0.15) is 24.2 Å². The molecule has 0 bridgehead atoms. The number of anilines is 1. The third-order valence-electron chi connectivity index (χ3n) is 4.31. The minimum atomic E-state index is -3.58. The van der Waals surface area contributed by atoms with Crippen molar-refractivity contribution < 1.29 is 13.2 Å². The predicted molar refractivity (Wildman–Crippen MR) is 112 cm³/mol. The Kier molecular flexibility index (Phi) is 5.93. The molecule has 3 aromatic rings. The molecule has 0 aliphatic rings. The normalized spacial score (nSPS) is 11.8. The average molecular weight is 416 g/mol. The van der Waals surface area contributed by atoms with Gasteiger partial charge in [-0.2, -0.15) is 4.31 Å². The standard InChI is InChI=1S/C20H21N3O3S2/c1-14(2)23(3)28(25,26)17-11-9-16(10-12-17)19(24)22-20-21-18(13-27-20)15-7-5-4-6-8-15/h4-14H,1-3H3,(H,21,22,24). The molecule has 28 heavy (non-hydrogen) atoms. The Balaban J connectivity index is 1.73. The SMILES string of the molecule is CC(C)N(C)S(=O)(=O)c1ccc(C(=O)Nc2nc(-c3ccccc3)cs2)cc1. The summed E-state index contributed by atoms with van der Waals surface area (Å²) in [6, 6.07) is 15.4. The molecule has 0 saturated heterocycles. The van der Waals surface area contributed by atoms with Crippen LogP contribution in [0.25, 0.3) is 11.3 Å². The highest BCUT2D eigenvalue weighted by molar-refractivity contribution is 7.89. The van der Waals surface area contributed by atoms with E-state index in [1.807, 2.05) is 35.7 Å². The molecule has 1 aromatic heterocycles. The molecule has 6 nitrogen and oxygen atoms in total. The number of amides is 1. The van der Waals surface area contributed by atoms with Crippen LogP contribution in [0.2, 0.25) is 0 Å². The Bertz CT molecular complexity index is 1060. The lowest BCUT2D eigenvalue weighted by molar-refractivity contribution is 0.102. The van der Waals surface area contributed by atoms with Crippen LogP contribution in [0.4, 0.5) is 5.13 Å². The third-order valence-corrected chi connectivity index (χ3v) is 7.12. The first-order chi connectivity index (χ1) is 13.3. The lowest BCUT2D eigenvalue weighted by atomic mass is 10.2. The van der Waals surface area contributed by atoms with Gasteiger partial charge in [-0.05, 0) is 38.1 Å². The van der Waals surface area contributed by atoms with Crippen LogP contribution in [0.5, 0.6) is 0 Å². The van der Waals surface area contributed by atoms with Gasteiger partial charge in [0.25, 0.3) is 5.91 Å². The molecule has 0 unspecified atom stereocenters. The molecular formula is C20H21N3O3S2. The first-order valence-electron chi connectivity index (χ1n) is 8.69. The molecule has 146 valence electrons. The molecule has 1 amide bonds. The number of nitrogens with one attached hydrogen (secondary N) is 1. The van der Waals surface area contributed by atoms with Crippen molar-refractivity contribution >= 4 is 32.4 Å². The van der Waals surface area contributed by atoms with Crippen molar-refractivity contribution in [3.05, 3.63) is 65.5 Å².